The van der Waals surface area contributed by atoms with Crippen LogP contribution in [0.5, 0.6) is 0 Å². The number of fused-ring (bicyclic) bond motifs is 1. The smallest absolute Gasteiger partial charge is 0.238 e. The number of halogens is 1. The Bertz CT molecular complexity index is 635. The minimum atomic E-state index is -0.203. The highest BCUT2D eigenvalue weighted by atomic mass is 35.5. The fourth-order valence-corrected chi connectivity index (χ4v) is 3.19. The summed E-state index contributed by atoms with van der Waals surface area (Å²) in [5, 5.41) is 0.576. The van der Waals surface area contributed by atoms with Gasteiger partial charge in [-0.1, -0.05) is 29.3 Å². The van der Waals surface area contributed by atoms with Crippen molar-refractivity contribution < 1.29 is 9.59 Å². The second-order valence-corrected chi connectivity index (χ2v) is 6.06. The van der Waals surface area contributed by atoms with E-state index in [1.54, 1.807) is 12.1 Å². The van der Waals surface area contributed by atoms with Crippen LogP contribution in [0.3, 0.4) is 0 Å². The topological polar surface area (TPSA) is 37.4 Å². The van der Waals surface area contributed by atoms with Crippen molar-refractivity contribution in [3.63, 3.8) is 0 Å². The molecule has 2 aliphatic rings. The number of carbonyl (C=O) groups is 2. The van der Waals surface area contributed by atoms with Gasteiger partial charge in [0.05, 0.1) is 17.5 Å². The van der Waals surface area contributed by atoms with Crippen molar-refractivity contribution in [3.05, 3.63) is 40.4 Å². The molecule has 20 heavy (non-hydrogen) atoms. The van der Waals surface area contributed by atoms with Crippen LogP contribution < -0.4 is 4.90 Å². The van der Waals surface area contributed by atoms with Gasteiger partial charge < -0.3 is 0 Å². The molecule has 1 fully saturated rings. The number of imide groups is 1. The standard InChI is InChI=1S/C16H16ClNO2/c1-9-3-6-12-13(7-9)16(20)18(15(12)19)11-5-4-10(2)14(17)8-11/h3-5,8,12-13H,6-7H2,1-2H3/t12-,13+/m1/s1. The zero-order valence-electron chi connectivity index (χ0n) is 11.5. The van der Waals surface area contributed by atoms with E-state index >= 15 is 0 Å². The second kappa shape index (κ2) is 4.74. The van der Waals surface area contributed by atoms with Gasteiger partial charge in [-0.3, -0.25) is 9.59 Å². The molecule has 1 aliphatic carbocycles. The largest absolute Gasteiger partial charge is 0.274 e. The van der Waals surface area contributed by atoms with Gasteiger partial charge in [0.25, 0.3) is 0 Å². The number of allylic oxidation sites excluding steroid dienone is 2. The normalized spacial score (nSPS) is 25.8. The lowest BCUT2D eigenvalue weighted by Gasteiger charge is -2.18. The van der Waals surface area contributed by atoms with E-state index in [1.165, 1.54) is 10.5 Å². The minimum absolute atomic E-state index is 0.0904. The first-order valence-electron chi connectivity index (χ1n) is 6.78. The van der Waals surface area contributed by atoms with E-state index in [0.29, 0.717) is 23.6 Å². The van der Waals surface area contributed by atoms with Crippen molar-refractivity contribution in [1.82, 2.24) is 0 Å². The number of amides is 2. The van der Waals surface area contributed by atoms with Gasteiger partial charge in [-0.2, -0.15) is 0 Å². The van der Waals surface area contributed by atoms with Gasteiger partial charge in [-0.05, 0) is 44.4 Å². The van der Waals surface area contributed by atoms with Crippen LogP contribution in [0.25, 0.3) is 0 Å². The fourth-order valence-electron chi connectivity index (χ4n) is 3.01. The first-order chi connectivity index (χ1) is 9.49. The molecule has 0 unspecified atom stereocenters. The van der Waals surface area contributed by atoms with Gasteiger partial charge in [-0.15, -0.1) is 0 Å². The van der Waals surface area contributed by atoms with Crippen LogP contribution in [0, 0.1) is 18.8 Å². The van der Waals surface area contributed by atoms with Gasteiger partial charge in [-0.25, -0.2) is 4.90 Å². The number of carbonyl (C=O) groups excluding carboxylic acids is 2. The van der Waals surface area contributed by atoms with Crippen molar-refractivity contribution in [3.8, 4) is 0 Å². The number of hydrogen-bond donors (Lipinski definition) is 0. The molecule has 0 bridgehead atoms. The Balaban J connectivity index is 1.97. The molecular formula is C16H16ClNO2. The Labute approximate surface area is 123 Å². The quantitative estimate of drug-likeness (QED) is 0.586. The molecule has 104 valence electrons. The molecule has 1 heterocycles. The van der Waals surface area contributed by atoms with Gasteiger partial charge in [0, 0.05) is 5.02 Å². The maximum Gasteiger partial charge on any atom is 0.238 e. The third-order valence-corrected chi connectivity index (χ3v) is 4.64. The summed E-state index contributed by atoms with van der Waals surface area (Å²) < 4.78 is 0. The van der Waals surface area contributed by atoms with Crippen molar-refractivity contribution in [2.45, 2.75) is 26.7 Å². The zero-order chi connectivity index (χ0) is 14.4. The Hall–Kier alpha value is -1.61. The second-order valence-electron chi connectivity index (χ2n) is 5.65. The van der Waals surface area contributed by atoms with E-state index < -0.39 is 0 Å². The summed E-state index contributed by atoms with van der Waals surface area (Å²) in [6.07, 6.45) is 3.42. The van der Waals surface area contributed by atoms with E-state index in [4.69, 9.17) is 11.6 Å². The Morgan fingerprint density at radius 3 is 2.55 bits per heavy atom. The van der Waals surface area contributed by atoms with Crippen LogP contribution >= 0.6 is 11.6 Å². The van der Waals surface area contributed by atoms with E-state index in [9.17, 15) is 9.59 Å². The maximum atomic E-state index is 12.5. The number of nitrogens with zero attached hydrogens (tertiary/aromatic N) is 1. The lowest BCUT2D eigenvalue weighted by molar-refractivity contribution is -0.122. The fraction of sp³-hybridized carbons (Fsp3) is 0.375. The van der Waals surface area contributed by atoms with Gasteiger partial charge in [0.15, 0.2) is 0 Å². The first-order valence-corrected chi connectivity index (χ1v) is 7.16. The lowest BCUT2D eigenvalue weighted by Crippen LogP contribution is -2.30. The molecule has 0 spiro atoms. The number of benzene rings is 1. The summed E-state index contributed by atoms with van der Waals surface area (Å²) in [4.78, 5) is 26.3. The summed E-state index contributed by atoms with van der Waals surface area (Å²) in [5.74, 6) is -0.588. The van der Waals surface area contributed by atoms with Crippen LogP contribution in [0.4, 0.5) is 5.69 Å². The molecule has 3 nitrogen and oxygen atoms in total. The predicted molar refractivity (Wildman–Crippen MR) is 78.7 cm³/mol. The van der Waals surface area contributed by atoms with E-state index in [1.807, 2.05) is 19.9 Å². The summed E-state index contributed by atoms with van der Waals surface area (Å²) in [6, 6.07) is 5.32. The molecule has 3 rings (SSSR count). The number of anilines is 1. The molecule has 1 aromatic rings. The molecule has 0 radical (unpaired) electrons. The van der Waals surface area contributed by atoms with E-state index in [-0.39, 0.29) is 23.7 Å². The van der Waals surface area contributed by atoms with Crippen LogP contribution in [0.15, 0.2) is 29.8 Å². The van der Waals surface area contributed by atoms with E-state index in [2.05, 4.69) is 6.08 Å². The Morgan fingerprint density at radius 1 is 1.15 bits per heavy atom. The maximum absolute atomic E-state index is 12.5. The molecule has 1 aromatic carbocycles. The SMILES string of the molecule is CC1=CC[C@H]2C(=O)N(c3ccc(C)c(Cl)c3)C(=O)[C@H]2C1. The van der Waals surface area contributed by atoms with Gasteiger partial charge >= 0.3 is 0 Å². The van der Waals surface area contributed by atoms with Crippen molar-refractivity contribution in [2.24, 2.45) is 11.8 Å². The van der Waals surface area contributed by atoms with Gasteiger partial charge in [0.1, 0.15) is 0 Å². The van der Waals surface area contributed by atoms with Crippen LogP contribution in [-0.4, -0.2) is 11.8 Å². The third-order valence-electron chi connectivity index (χ3n) is 4.24. The lowest BCUT2D eigenvalue weighted by atomic mass is 9.82. The summed E-state index contributed by atoms with van der Waals surface area (Å²) in [7, 11) is 0. The Kier molecular flexibility index (Phi) is 3.17. The Morgan fingerprint density at radius 2 is 1.85 bits per heavy atom. The van der Waals surface area contributed by atoms with E-state index in [0.717, 1.165) is 5.56 Å². The number of hydrogen-bond acceptors (Lipinski definition) is 2. The molecule has 2 atom stereocenters. The first kappa shape index (κ1) is 13.4. The van der Waals surface area contributed by atoms with Crippen LogP contribution in [-0.2, 0) is 9.59 Å². The number of aryl methyl sites for hydroxylation is 1. The monoisotopic (exact) mass is 289 g/mol. The highest BCUT2D eigenvalue weighted by Gasteiger charge is 2.48. The molecular weight excluding hydrogens is 274 g/mol. The van der Waals surface area contributed by atoms with Crippen LogP contribution in [0.1, 0.15) is 25.3 Å². The molecule has 1 saturated heterocycles. The molecule has 0 aromatic heterocycles. The minimum Gasteiger partial charge on any atom is -0.274 e. The average Bonchev–Trinajstić information content (AvgIpc) is 2.65. The summed E-state index contributed by atoms with van der Waals surface area (Å²) in [5.41, 5.74) is 2.71. The summed E-state index contributed by atoms with van der Waals surface area (Å²) in [6.45, 7) is 3.91. The molecule has 2 amide bonds. The summed E-state index contributed by atoms with van der Waals surface area (Å²) >= 11 is 6.10. The average molecular weight is 290 g/mol. The molecule has 1 aliphatic heterocycles. The van der Waals surface area contributed by atoms with Crippen molar-refractivity contribution >= 4 is 29.1 Å². The van der Waals surface area contributed by atoms with Crippen molar-refractivity contribution in [1.29, 1.82) is 0 Å². The van der Waals surface area contributed by atoms with Gasteiger partial charge in [0.2, 0.25) is 11.8 Å². The third kappa shape index (κ3) is 1.97. The van der Waals surface area contributed by atoms with Crippen molar-refractivity contribution in [2.75, 3.05) is 4.90 Å². The van der Waals surface area contributed by atoms with Crippen LogP contribution in [0.2, 0.25) is 5.02 Å². The highest BCUT2D eigenvalue weighted by molar-refractivity contribution is 6.32. The molecule has 0 N–H and O–H groups in total. The zero-order valence-corrected chi connectivity index (χ0v) is 12.3. The molecule has 0 saturated carbocycles. The molecule has 4 heteroatoms. The number of rotatable bonds is 1. The predicted octanol–water partition coefficient (Wildman–Crippen LogP) is 3.49. The highest BCUT2D eigenvalue weighted by Crippen LogP contribution is 2.40.